The lowest BCUT2D eigenvalue weighted by molar-refractivity contribution is 0.0944. The van der Waals surface area contributed by atoms with Gasteiger partial charge in [0.15, 0.2) is 0 Å². The second-order valence-corrected chi connectivity index (χ2v) is 6.87. The van der Waals surface area contributed by atoms with E-state index in [2.05, 4.69) is 30.8 Å². The van der Waals surface area contributed by atoms with Crippen molar-refractivity contribution in [2.75, 3.05) is 0 Å². The first kappa shape index (κ1) is 16.7. The maximum atomic E-state index is 13.0. The first-order chi connectivity index (χ1) is 11.5. The Morgan fingerprint density at radius 2 is 1.83 bits per heavy atom. The Hall–Kier alpha value is -2.12. The number of carbonyl (C=O) groups excluding carboxylic acids is 1. The molecular formula is C17H13BrFN3OS. The third-order valence-corrected chi connectivity index (χ3v) is 4.78. The van der Waals surface area contributed by atoms with Gasteiger partial charge in [0, 0.05) is 10.0 Å². The van der Waals surface area contributed by atoms with Crippen molar-refractivity contribution in [3.63, 3.8) is 0 Å². The van der Waals surface area contributed by atoms with Gasteiger partial charge in [-0.25, -0.2) is 4.39 Å². The molecular weight excluding hydrogens is 393 g/mol. The van der Waals surface area contributed by atoms with E-state index >= 15 is 0 Å². The number of benzene rings is 2. The predicted octanol–water partition coefficient (Wildman–Crippen LogP) is 4.60. The van der Waals surface area contributed by atoms with Crippen LogP contribution in [0.2, 0.25) is 0 Å². The number of hydrogen-bond donors (Lipinski definition) is 1. The minimum atomic E-state index is -0.304. The summed E-state index contributed by atoms with van der Waals surface area (Å²) in [5.74, 6) is -0.554. The van der Waals surface area contributed by atoms with E-state index in [4.69, 9.17) is 0 Å². The van der Waals surface area contributed by atoms with E-state index in [-0.39, 0.29) is 17.8 Å². The molecule has 3 aromatic rings. The second-order valence-electron chi connectivity index (χ2n) is 5.20. The smallest absolute Gasteiger partial charge is 0.265 e. The lowest BCUT2D eigenvalue weighted by Crippen LogP contribution is -2.26. The minimum Gasteiger partial charge on any atom is -0.345 e. The molecule has 1 atom stereocenters. The molecule has 0 spiro atoms. The molecule has 1 heterocycles. The summed E-state index contributed by atoms with van der Waals surface area (Å²) in [6.45, 7) is 1.85. The van der Waals surface area contributed by atoms with Crippen LogP contribution in [-0.2, 0) is 0 Å². The Kier molecular flexibility index (Phi) is 5.01. The Balaban J connectivity index is 1.80. The van der Waals surface area contributed by atoms with Crippen LogP contribution >= 0.6 is 27.5 Å². The molecule has 3 rings (SSSR count). The van der Waals surface area contributed by atoms with Gasteiger partial charge in [0.05, 0.1) is 6.04 Å². The van der Waals surface area contributed by atoms with Gasteiger partial charge in [0.25, 0.3) is 5.91 Å². The van der Waals surface area contributed by atoms with Gasteiger partial charge < -0.3 is 5.32 Å². The molecule has 0 bridgehead atoms. The van der Waals surface area contributed by atoms with E-state index in [9.17, 15) is 9.18 Å². The van der Waals surface area contributed by atoms with E-state index in [1.807, 2.05) is 31.2 Å². The fourth-order valence-electron chi connectivity index (χ4n) is 2.23. The van der Waals surface area contributed by atoms with Gasteiger partial charge in [0.1, 0.15) is 16.4 Å². The van der Waals surface area contributed by atoms with E-state index in [0.717, 1.165) is 27.1 Å². The maximum Gasteiger partial charge on any atom is 0.265 e. The standard InChI is InChI=1S/C17H13BrFN3OS/c1-10(11-4-8-14(19)9-5-11)20-17(23)16-15(21-22-24-16)12-2-6-13(18)7-3-12/h2-10H,1H3,(H,20,23)/t10-/m1/s1. The monoisotopic (exact) mass is 405 g/mol. The molecule has 7 heteroatoms. The molecule has 2 aromatic carbocycles. The number of nitrogens with zero attached hydrogens (tertiary/aromatic N) is 2. The molecule has 1 aromatic heterocycles. The summed E-state index contributed by atoms with van der Waals surface area (Å²) < 4.78 is 17.9. The zero-order valence-electron chi connectivity index (χ0n) is 12.7. The number of aromatic nitrogens is 2. The van der Waals surface area contributed by atoms with Gasteiger partial charge in [-0.15, -0.1) is 5.10 Å². The van der Waals surface area contributed by atoms with Gasteiger partial charge >= 0.3 is 0 Å². The molecule has 24 heavy (non-hydrogen) atoms. The maximum absolute atomic E-state index is 13.0. The van der Waals surface area contributed by atoms with Crippen molar-refractivity contribution in [1.82, 2.24) is 14.9 Å². The van der Waals surface area contributed by atoms with Crippen LogP contribution in [0.15, 0.2) is 53.0 Å². The van der Waals surface area contributed by atoms with E-state index < -0.39 is 0 Å². The highest BCUT2D eigenvalue weighted by atomic mass is 79.9. The van der Waals surface area contributed by atoms with Crippen molar-refractivity contribution in [2.45, 2.75) is 13.0 Å². The first-order valence-corrected chi connectivity index (χ1v) is 8.76. The molecule has 122 valence electrons. The first-order valence-electron chi connectivity index (χ1n) is 7.19. The zero-order chi connectivity index (χ0) is 17.1. The molecule has 0 aliphatic heterocycles. The molecule has 1 N–H and O–H groups in total. The number of amides is 1. The van der Waals surface area contributed by atoms with Crippen molar-refractivity contribution < 1.29 is 9.18 Å². The summed E-state index contributed by atoms with van der Waals surface area (Å²) in [6, 6.07) is 13.3. The third kappa shape index (κ3) is 3.68. The summed E-state index contributed by atoms with van der Waals surface area (Å²) in [4.78, 5) is 13.0. The van der Waals surface area contributed by atoms with Gasteiger partial charge in [-0.3, -0.25) is 4.79 Å². The molecule has 0 unspecified atom stereocenters. The van der Waals surface area contributed by atoms with Crippen molar-refractivity contribution in [1.29, 1.82) is 0 Å². The summed E-state index contributed by atoms with van der Waals surface area (Å²) in [7, 11) is 0. The molecule has 0 saturated heterocycles. The number of carbonyl (C=O) groups is 1. The number of halogens is 2. The molecule has 0 aliphatic carbocycles. The molecule has 0 radical (unpaired) electrons. The fraction of sp³-hybridized carbons (Fsp3) is 0.118. The lowest BCUT2D eigenvalue weighted by atomic mass is 10.1. The van der Waals surface area contributed by atoms with Crippen molar-refractivity contribution in [3.05, 3.63) is 69.3 Å². The topological polar surface area (TPSA) is 54.9 Å². The highest BCUT2D eigenvalue weighted by Crippen LogP contribution is 2.26. The Morgan fingerprint density at radius 3 is 2.50 bits per heavy atom. The lowest BCUT2D eigenvalue weighted by Gasteiger charge is -2.14. The quantitative estimate of drug-likeness (QED) is 0.689. The largest absolute Gasteiger partial charge is 0.345 e. The normalized spacial score (nSPS) is 12.0. The summed E-state index contributed by atoms with van der Waals surface area (Å²) >= 11 is 4.43. The Morgan fingerprint density at radius 1 is 1.17 bits per heavy atom. The third-order valence-electron chi connectivity index (χ3n) is 3.53. The molecule has 0 fully saturated rings. The van der Waals surface area contributed by atoms with Crippen molar-refractivity contribution in [2.24, 2.45) is 0 Å². The molecule has 4 nitrogen and oxygen atoms in total. The zero-order valence-corrected chi connectivity index (χ0v) is 15.1. The Labute approximate surface area is 151 Å². The van der Waals surface area contributed by atoms with Gasteiger partial charge in [-0.05, 0) is 48.3 Å². The average Bonchev–Trinajstić information content (AvgIpc) is 3.06. The summed E-state index contributed by atoms with van der Waals surface area (Å²) in [6.07, 6.45) is 0. The number of rotatable bonds is 4. The minimum absolute atomic E-state index is 0.250. The molecule has 0 aliphatic rings. The Bertz CT molecular complexity index is 849. The van der Waals surface area contributed by atoms with E-state index in [1.54, 1.807) is 12.1 Å². The SMILES string of the molecule is C[C@@H](NC(=O)c1snnc1-c1ccc(Br)cc1)c1ccc(F)cc1. The molecule has 1 amide bonds. The fourth-order valence-corrected chi connectivity index (χ4v) is 3.09. The summed E-state index contributed by atoms with van der Waals surface area (Å²) in [5.41, 5.74) is 2.20. The van der Waals surface area contributed by atoms with Crippen LogP contribution in [0.25, 0.3) is 11.3 Å². The summed E-state index contributed by atoms with van der Waals surface area (Å²) in [5, 5.41) is 6.97. The van der Waals surface area contributed by atoms with Crippen LogP contribution in [0, 0.1) is 5.82 Å². The van der Waals surface area contributed by atoms with Crippen LogP contribution in [0.4, 0.5) is 4.39 Å². The van der Waals surface area contributed by atoms with Crippen molar-refractivity contribution in [3.8, 4) is 11.3 Å². The highest BCUT2D eigenvalue weighted by Gasteiger charge is 2.19. The van der Waals surface area contributed by atoms with Crippen molar-refractivity contribution >= 4 is 33.4 Å². The average molecular weight is 406 g/mol. The highest BCUT2D eigenvalue weighted by molar-refractivity contribution is 9.10. The van der Waals surface area contributed by atoms with Crippen LogP contribution in [0.3, 0.4) is 0 Å². The van der Waals surface area contributed by atoms with Crippen LogP contribution < -0.4 is 5.32 Å². The number of nitrogens with one attached hydrogen (secondary N) is 1. The molecule has 0 saturated carbocycles. The van der Waals surface area contributed by atoms with Gasteiger partial charge in [-0.1, -0.05) is 44.7 Å². The van der Waals surface area contributed by atoms with E-state index in [1.165, 1.54) is 12.1 Å². The predicted molar refractivity (Wildman–Crippen MR) is 95.3 cm³/mol. The van der Waals surface area contributed by atoms with Gasteiger partial charge in [-0.2, -0.15) is 0 Å². The van der Waals surface area contributed by atoms with Crippen LogP contribution in [0.1, 0.15) is 28.2 Å². The number of hydrogen-bond acceptors (Lipinski definition) is 4. The second kappa shape index (κ2) is 7.19. The van der Waals surface area contributed by atoms with E-state index in [0.29, 0.717) is 10.6 Å². The van der Waals surface area contributed by atoms with Crippen LogP contribution in [0.5, 0.6) is 0 Å². The van der Waals surface area contributed by atoms with Gasteiger partial charge in [0.2, 0.25) is 0 Å². The van der Waals surface area contributed by atoms with Crippen LogP contribution in [-0.4, -0.2) is 15.5 Å².